The van der Waals surface area contributed by atoms with Gasteiger partial charge in [-0.15, -0.1) is 0 Å². The van der Waals surface area contributed by atoms with Crippen LogP contribution in [0.4, 0.5) is 4.39 Å². The minimum absolute atomic E-state index is 0.000741. The molecule has 1 N–H and O–H groups in total. The van der Waals surface area contributed by atoms with Crippen LogP contribution in [0.3, 0.4) is 0 Å². The lowest BCUT2D eigenvalue weighted by molar-refractivity contribution is 0.194. The molecule has 1 aromatic carbocycles. The van der Waals surface area contributed by atoms with Gasteiger partial charge in [0.2, 0.25) is 0 Å². The van der Waals surface area contributed by atoms with Gasteiger partial charge in [0.25, 0.3) is 0 Å². The van der Waals surface area contributed by atoms with Gasteiger partial charge < -0.3 is 9.84 Å². The summed E-state index contributed by atoms with van der Waals surface area (Å²) in [4.78, 5) is 0. The molecular formula is C10H12ClFO2. The van der Waals surface area contributed by atoms with Crippen LogP contribution in [-0.2, 0) is 0 Å². The van der Waals surface area contributed by atoms with Crippen molar-refractivity contribution in [2.24, 2.45) is 0 Å². The molecule has 0 heterocycles. The second-order valence-corrected chi connectivity index (χ2v) is 3.50. The highest BCUT2D eigenvalue weighted by atomic mass is 35.5. The fourth-order valence-electron chi connectivity index (χ4n) is 1.34. The van der Waals surface area contributed by atoms with Gasteiger partial charge in [-0.05, 0) is 19.9 Å². The number of hydrogen-bond donors (Lipinski definition) is 1. The van der Waals surface area contributed by atoms with Crippen molar-refractivity contribution >= 4 is 11.6 Å². The van der Waals surface area contributed by atoms with E-state index in [1.165, 1.54) is 13.2 Å². The van der Waals surface area contributed by atoms with Crippen molar-refractivity contribution in [2.75, 3.05) is 7.11 Å². The van der Waals surface area contributed by atoms with Crippen LogP contribution in [0.15, 0.2) is 6.07 Å². The molecule has 0 aliphatic carbocycles. The molecule has 2 nitrogen and oxygen atoms in total. The van der Waals surface area contributed by atoms with E-state index in [-0.39, 0.29) is 5.02 Å². The van der Waals surface area contributed by atoms with Crippen molar-refractivity contribution in [1.82, 2.24) is 0 Å². The second-order valence-electron chi connectivity index (χ2n) is 3.10. The lowest BCUT2D eigenvalue weighted by Crippen LogP contribution is -2.01. The van der Waals surface area contributed by atoms with E-state index in [1.54, 1.807) is 13.8 Å². The topological polar surface area (TPSA) is 29.5 Å². The summed E-state index contributed by atoms with van der Waals surface area (Å²) in [5.74, 6) is -0.158. The Hall–Kier alpha value is -0.800. The van der Waals surface area contributed by atoms with Crippen LogP contribution in [0.2, 0.25) is 5.02 Å². The molecule has 1 aromatic rings. The van der Waals surface area contributed by atoms with Crippen molar-refractivity contribution in [3.63, 3.8) is 0 Å². The van der Waals surface area contributed by atoms with Gasteiger partial charge in [-0.2, -0.15) is 0 Å². The first-order valence-electron chi connectivity index (χ1n) is 4.19. The van der Waals surface area contributed by atoms with Gasteiger partial charge in [0.15, 0.2) is 0 Å². The summed E-state index contributed by atoms with van der Waals surface area (Å²) in [5.41, 5.74) is 0.812. The standard InChI is InChI=1S/C10H12ClFO2/c1-5-9(12)8(11)4-7(6(2)13)10(5)14-3/h4,6,13H,1-3H3. The predicted molar refractivity (Wildman–Crippen MR) is 53.3 cm³/mol. The lowest BCUT2D eigenvalue weighted by Gasteiger charge is -2.14. The summed E-state index contributed by atoms with van der Waals surface area (Å²) >= 11 is 5.65. The summed E-state index contributed by atoms with van der Waals surface area (Å²) < 4.78 is 18.3. The SMILES string of the molecule is COc1c(C(C)O)cc(Cl)c(F)c1C. The molecule has 0 aliphatic rings. The largest absolute Gasteiger partial charge is 0.496 e. The molecule has 14 heavy (non-hydrogen) atoms. The van der Waals surface area contributed by atoms with Crippen LogP contribution in [0.25, 0.3) is 0 Å². The average Bonchev–Trinajstić information content (AvgIpc) is 2.13. The third-order valence-electron chi connectivity index (χ3n) is 2.08. The van der Waals surface area contributed by atoms with Crippen LogP contribution in [0, 0.1) is 12.7 Å². The van der Waals surface area contributed by atoms with Crippen LogP contribution < -0.4 is 4.74 Å². The van der Waals surface area contributed by atoms with Crippen molar-refractivity contribution in [1.29, 1.82) is 0 Å². The zero-order valence-corrected chi connectivity index (χ0v) is 9.02. The molecule has 1 rings (SSSR count). The molecule has 0 bridgehead atoms. The Morgan fingerprint density at radius 1 is 1.57 bits per heavy atom. The highest BCUT2D eigenvalue weighted by Gasteiger charge is 2.17. The Kier molecular flexibility index (Phi) is 3.34. The molecule has 0 aromatic heterocycles. The predicted octanol–water partition coefficient (Wildman–Crippen LogP) is 2.85. The number of aliphatic hydroxyl groups is 1. The van der Waals surface area contributed by atoms with Crippen LogP contribution in [-0.4, -0.2) is 12.2 Å². The maximum absolute atomic E-state index is 13.3. The Morgan fingerprint density at radius 3 is 2.57 bits per heavy atom. The summed E-state index contributed by atoms with van der Waals surface area (Å²) in [6.07, 6.45) is -0.734. The first-order valence-corrected chi connectivity index (χ1v) is 4.57. The third-order valence-corrected chi connectivity index (χ3v) is 2.35. The molecule has 0 radical (unpaired) electrons. The number of methoxy groups -OCH3 is 1. The van der Waals surface area contributed by atoms with E-state index < -0.39 is 11.9 Å². The third kappa shape index (κ3) is 1.83. The van der Waals surface area contributed by atoms with E-state index in [4.69, 9.17) is 16.3 Å². The van der Waals surface area contributed by atoms with Gasteiger partial charge in [-0.25, -0.2) is 4.39 Å². The van der Waals surface area contributed by atoms with Crippen LogP contribution in [0.1, 0.15) is 24.2 Å². The normalized spacial score (nSPS) is 12.7. The molecule has 1 unspecified atom stereocenters. The molecule has 0 spiro atoms. The quantitative estimate of drug-likeness (QED) is 0.827. The molecule has 1 atom stereocenters. The Bertz CT molecular complexity index is 350. The molecule has 0 fully saturated rings. The first kappa shape index (κ1) is 11.3. The van der Waals surface area contributed by atoms with E-state index in [0.29, 0.717) is 16.9 Å². The Morgan fingerprint density at radius 2 is 2.14 bits per heavy atom. The molecule has 0 aliphatic heterocycles. The van der Waals surface area contributed by atoms with Crippen LogP contribution in [0.5, 0.6) is 5.75 Å². The van der Waals surface area contributed by atoms with Gasteiger partial charge in [0.05, 0.1) is 18.2 Å². The zero-order chi connectivity index (χ0) is 10.9. The molecule has 4 heteroatoms. The lowest BCUT2D eigenvalue weighted by atomic mass is 10.1. The van der Waals surface area contributed by atoms with Gasteiger partial charge in [0.1, 0.15) is 11.6 Å². The van der Waals surface area contributed by atoms with Crippen molar-refractivity contribution < 1.29 is 14.2 Å². The van der Waals surface area contributed by atoms with Crippen molar-refractivity contribution in [3.05, 3.63) is 28.0 Å². The molecule has 0 saturated heterocycles. The van der Waals surface area contributed by atoms with Crippen LogP contribution >= 0.6 is 11.6 Å². The van der Waals surface area contributed by atoms with E-state index in [9.17, 15) is 9.50 Å². The molecule has 78 valence electrons. The van der Waals surface area contributed by atoms with Gasteiger partial charge in [-0.1, -0.05) is 11.6 Å². The fourth-order valence-corrected chi connectivity index (χ4v) is 1.60. The first-order chi connectivity index (χ1) is 6.49. The number of rotatable bonds is 2. The average molecular weight is 219 g/mol. The van der Waals surface area contributed by atoms with Gasteiger partial charge in [0, 0.05) is 11.1 Å². The molecular weight excluding hydrogens is 207 g/mol. The molecule has 0 amide bonds. The second kappa shape index (κ2) is 4.15. The maximum atomic E-state index is 13.3. The number of aliphatic hydroxyl groups excluding tert-OH is 1. The summed E-state index contributed by atoms with van der Waals surface area (Å²) in [6.45, 7) is 3.14. The van der Waals surface area contributed by atoms with E-state index in [1.807, 2.05) is 0 Å². The van der Waals surface area contributed by atoms with Gasteiger partial charge in [-0.3, -0.25) is 0 Å². The van der Waals surface area contributed by atoms with E-state index in [2.05, 4.69) is 0 Å². The smallest absolute Gasteiger partial charge is 0.148 e. The van der Waals surface area contributed by atoms with E-state index >= 15 is 0 Å². The highest BCUT2D eigenvalue weighted by Crippen LogP contribution is 2.34. The minimum Gasteiger partial charge on any atom is -0.496 e. The van der Waals surface area contributed by atoms with E-state index in [0.717, 1.165) is 0 Å². The maximum Gasteiger partial charge on any atom is 0.148 e. The summed E-state index contributed by atoms with van der Waals surface area (Å²) in [6, 6.07) is 1.38. The Balaban J connectivity index is 3.43. The van der Waals surface area contributed by atoms with Crippen molar-refractivity contribution in [2.45, 2.75) is 20.0 Å². The Labute approximate surface area is 87.3 Å². The minimum atomic E-state index is -0.734. The number of benzene rings is 1. The zero-order valence-electron chi connectivity index (χ0n) is 8.27. The summed E-state index contributed by atoms with van der Waals surface area (Å²) in [7, 11) is 1.43. The monoisotopic (exact) mass is 218 g/mol. The number of halogens is 2. The summed E-state index contributed by atoms with van der Waals surface area (Å²) in [5, 5.41) is 9.41. The number of hydrogen-bond acceptors (Lipinski definition) is 2. The molecule has 0 saturated carbocycles. The fraction of sp³-hybridized carbons (Fsp3) is 0.400. The highest BCUT2D eigenvalue weighted by molar-refractivity contribution is 6.31. The number of ether oxygens (including phenoxy) is 1. The van der Waals surface area contributed by atoms with Crippen molar-refractivity contribution in [3.8, 4) is 5.75 Å². The van der Waals surface area contributed by atoms with Gasteiger partial charge >= 0.3 is 0 Å².